The predicted molar refractivity (Wildman–Crippen MR) is 68.5 cm³/mol. The molecule has 0 amide bonds. The van der Waals surface area contributed by atoms with Gasteiger partial charge in [-0.2, -0.15) is 0 Å². The van der Waals surface area contributed by atoms with Crippen LogP contribution in [0.25, 0.3) is 0 Å². The van der Waals surface area contributed by atoms with Gasteiger partial charge in [-0.3, -0.25) is 0 Å². The van der Waals surface area contributed by atoms with E-state index >= 15 is 0 Å². The van der Waals surface area contributed by atoms with Crippen LogP contribution < -0.4 is 5.73 Å². The number of hydrogen-bond acceptors (Lipinski definition) is 2. The Hall–Kier alpha value is -0.830. The SMILES string of the molecule is CCC(CC)(CN)n1cncc1C(C)(C)C. The van der Waals surface area contributed by atoms with Crippen molar-refractivity contribution in [1.82, 2.24) is 9.55 Å². The molecule has 1 aromatic rings. The third-order valence-electron chi connectivity index (χ3n) is 3.61. The largest absolute Gasteiger partial charge is 0.328 e. The topological polar surface area (TPSA) is 43.8 Å². The summed E-state index contributed by atoms with van der Waals surface area (Å²) in [6.07, 6.45) is 5.98. The molecule has 2 N–H and O–H groups in total. The highest BCUT2D eigenvalue weighted by Gasteiger charge is 2.31. The predicted octanol–water partition coefficient (Wildman–Crippen LogP) is 2.65. The first kappa shape index (κ1) is 13.2. The van der Waals surface area contributed by atoms with E-state index in [1.165, 1.54) is 5.69 Å². The van der Waals surface area contributed by atoms with Gasteiger partial charge in [-0.25, -0.2) is 4.98 Å². The molecule has 0 fully saturated rings. The molecule has 16 heavy (non-hydrogen) atoms. The van der Waals surface area contributed by atoms with Gasteiger partial charge in [0.15, 0.2) is 0 Å². The molecule has 92 valence electrons. The quantitative estimate of drug-likeness (QED) is 0.852. The first-order valence-corrected chi connectivity index (χ1v) is 6.14. The summed E-state index contributed by atoms with van der Waals surface area (Å²) in [5, 5.41) is 0. The van der Waals surface area contributed by atoms with Crippen molar-refractivity contribution in [1.29, 1.82) is 0 Å². The van der Waals surface area contributed by atoms with Crippen molar-refractivity contribution in [2.24, 2.45) is 5.73 Å². The van der Waals surface area contributed by atoms with E-state index in [0.29, 0.717) is 6.54 Å². The van der Waals surface area contributed by atoms with E-state index in [9.17, 15) is 0 Å². The minimum absolute atomic E-state index is 0.0269. The van der Waals surface area contributed by atoms with Crippen molar-refractivity contribution in [2.45, 2.75) is 58.4 Å². The molecule has 0 saturated heterocycles. The Morgan fingerprint density at radius 3 is 2.19 bits per heavy atom. The maximum absolute atomic E-state index is 5.98. The number of nitrogens with zero attached hydrogens (tertiary/aromatic N) is 2. The van der Waals surface area contributed by atoms with E-state index in [2.05, 4.69) is 44.2 Å². The van der Waals surface area contributed by atoms with Crippen molar-refractivity contribution in [2.75, 3.05) is 6.54 Å². The fourth-order valence-corrected chi connectivity index (χ4v) is 2.21. The highest BCUT2D eigenvalue weighted by molar-refractivity contribution is 5.14. The van der Waals surface area contributed by atoms with E-state index in [4.69, 9.17) is 5.73 Å². The van der Waals surface area contributed by atoms with Crippen LogP contribution in [0.2, 0.25) is 0 Å². The molecule has 1 rings (SSSR count). The molecule has 0 aliphatic heterocycles. The van der Waals surface area contributed by atoms with Crippen LogP contribution in [-0.4, -0.2) is 16.1 Å². The molecule has 0 aliphatic rings. The van der Waals surface area contributed by atoms with E-state index in [0.717, 1.165) is 12.8 Å². The maximum Gasteiger partial charge on any atom is 0.0954 e. The molecule has 0 aromatic carbocycles. The molecule has 0 bridgehead atoms. The molecule has 0 spiro atoms. The Labute approximate surface area is 99.1 Å². The van der Waals surface area contributed by atoms with Gasteiger partial charge >= 0.3 is 0 Å². The van der Waals surface area contributed by atoms with Crippen LogP contribution in [0.4, 0.5) is 0 Å². The van der Waals surface area contributed by atoms with Crippen LogP contribution >= 0.6 is 0 Å². The minimum atomic E-state index is 0.0269. The van der Waals surface area contributed by atoms with Gasteiger partial charge in [0.25, 0.3) is 0 Å². The lowest BCUT2D eigenvalue weighted by Gasteiger charge is -2.36. The molecule has 3 heteroatoms. The normalized spacial score (nSPS) is 13.1. The Bertz CT molecular complexity index is 321. The van der Waals surface area contributed by atoms with Gasteiger partial charge in [0.05, 0.1) is 11.9 Å². The molecule has 0 atom stereocenters. The molecule has 0 saturated carbocycles. The highest BCUT2D eigenvalue weighted by Crippen LogP contribution is 2.31. The molecular formula is C13H25N3. The summed E-state index contributed by atoms with van der Waals surface area (Å²) in [5.74, 6) is 0. The van der Waals surface area contributed by atoms with E-state index < -0.39 is 0 Å². The number of hydrogen-bond donors (Lipinski definition) is 1. The average molecular weight is 223 g/mol. The summed E-state index contributed by atoms with van der Waals surface area (Å²) in [7, 11) is 0. The van der Waals surface area contributed by atoms with E-state index in [1.54, 1.807) is 0 Å². The first-order valence-electron chi connectivity index (χ1n) is 6.14. The van der Waals surface area contributed by atoms with Crippen molar-refractivity contribution >= 4 is 0 Å². The standard InChI is InChI=1S/C13H25N3/c1-6-13(7-2,9-14)16-10-15-8-11(16)12(3,4)5/h8,10H,6-7,9,14H2,1-5H3. The van der Waals surface area contributed by atoms with Gasteiger partial charge in [0.1, 0.15) is 0 Å². The molecule has 1 heterocycles. The number of rotatable bonds is 4. The minimum Gasteiger partial charge on any atom is -0.328 e. The van der Waals surface area contributed by atoms with Crippen LogP contribution in [-0.2, 0) is 11.0 Å². The lowest BCUT2D eigenvalue weighted by molar-refractivity contribution is 0.254. The van der Waals surface area contributed by atoms with Gasteiger partial charge in [0, 0.05) is 23.9 Å². The van der Waals surface area contributed by atoms with Crippen LogP contribution in [0.15, 0.2) is 12.5 Å². The summed E-state index contributed by atoms with van der Waals surface area (Å²) >= 11 is 0. The van der Waals surface area contributed by atoms with Crippen molar-refractivity contribution < 1.29 is 0 Å². The molecule has 1 aromatic heterocycles. The van der Waals surface area contributed by atoms with Gasteiger partial charge in [-0.05, 0) is 12.8 Å². The number of imidazole rings is 1. The summed E-state index contributed by atoms with van der Waals surface area (Å²) < 4.78 is 2.28. The summed E-state index contributed by atoms with van der Waals surface area (Å²) in [5.41, 5.74) is 7.39. The zero-order valence-electron chi connectivity index (χ0n) is 11.2. The lowest BCUT2D eigenvalue weighted by Crippen LogP contribution is -2.42. The van der Waals surface area contributed by atoms with Gasteiger partial charge in [-0.15, -0.1) is 0 Å². The molecule has 0 radical (unpaired) electrons. The summed E-state index contributed by atoms with van der Waals surface area (Å²) in [6.45, 7) is 11.7. The monoisotopic (exact) mass is 223 g/mol. The molecular weight excluding hydrogens is 198 g/mol. The van der Waals surface area contributed by atoms with Crippen LogP contribution in [0.3, 0.4) is 0 Å². The van der Waals surface area contributed by atoms with E-state index in [-0.39, 0.29) is 11.0 Å². The van der Waals surface area contributed by atoms with Gasteiger partial charge in [0.2, 0.25) is 0 Å². The smallest absolute Gasteiger partial charge is 0.0954 e. The third kappa shape index (κ3) is 2.14. The second-order valence-electron chi connectivity index (χ2n) is 5.53. The average Bonchev–Trinajstić information content (AvgIpc) is 2.70. The third-order valence-corrected chi connectivity index (χ3v) is 3.61. The summed E-state index contributed by atoms with van der Waals surface area (Å²) in [4.78, 5) is 4.31. The van der Waals surface area contributed by atoms with E-state index in [1.807, 2.05) is 12.5 Å². The Morgan fingerprint density at radius 1 is 1.25 bits per heavy atom. The van der Waals surface area contributed by atoms with Gasteiger partial charge in [-0.1, -0.05) is 34.6 Å². The van der Waals surface area contributed by atoms with Crippen LogP contribution in [0.1, 0.15) is 53.2 Å². The first-order chi connectivity index (χ1) is 7.41. The summed E-state index contributed by atoms with van der Waals surface area (Å²) in [6, 6.07) is 0. The fourth-order valence-electron chi connectivity index (χ4n) is 2.21. The maximum atomic E-state index is 5.98. The second kappa shape index (κ2) is 4.58. The van der Waals surface area contributed by atoms with Gasteiger partial charge < -0.3 is 10.3 Å². The zero-order valence-corrected chi connectivity index (χ0v) is 11.2. The number of nitrogens with two attached hydrogens (primary N) is 1. The zero-order chi connectivity index (χ0) is 12.4. The lowest BCUT2D eigenvalue weighted by atomic mass is 9.87. The Morgan fingerprint density at radius 2 is 1.81 bits per heavy atom. The van der Waals surface area contributed by atoms with Crippen molar-refractivity contribution in [3.63, 3.8) is 0 Å². The van der Waals surface area contributed by atoms with Crippen LogP contribution in [0.5, 0.6) is 0 Å². The van der Waals surface area contributed by atoms with Crippen LogP contribution in [0, 0.1) is 0 Å². The molecule has 0 unspecified atom stereocenters. The Balaban J connectivity index is 3.26. The highest BCUT2D eigenvalue weighted by atomic mass is 15.1. The molecule has 0 aliphatic carbocycles. The van der Waals surface area contributed by atoms with Crippen molar-refractivity contribution in [3.05, 3.63) is 18.2 Å². The van der Waals surface area contributed by atoms with Crippen molar-refractivity contribution in [3.8, 4) is 0 Å². The second-order valence-corrected chi connectivity index (χ2v) is 5.53. The Kier molecular flexibility index (Phi) is 3.79. The number of aromatic nitrogens is 2. The fraction of sp³-hybridized carbons (Fsp3) is 0.769. The molecule has 3 nitrogen and oxygen atoms in total.